The number of ether oxygens (including phenoxy) is 1. The number of carbonyl (C=O) groups excluding carboxylic acids is 2. The van der Waals surface area contributed by atoms with E-state index in [0.717, 1.165) is 0 Å². The molecule has 2 amide bonds. The Morgan fingerprint density at radius 3 is 2.81 bits per heavy atom. The van der Waals surface area contributed by atoms with Gasteiger partial charge in [-0.15, -0.1) is 0 Å². The van der Waals surface area contributed by atoms with Crippen LogP contribution < -0.4 is 11.1 Å². The van der Waals surface area contributed by atoms with Gasteiger partial charge in [-0.05, 0) is 24.5 Å². The molecular formula is C14H17N3O3S. The molecule has 0 heterocycles. The highest BCUT2D eigenvalue weighted by Crippen LogP contribution is 2.10. The lowest BCUT2D eigenvalue weighted by molar-refractivity contribution is -0.147. The number of hydrogen-bond donors (Lipinski definition) is 2. The summed E-state index contributed by atoms with van der Waals surface area (Å²) in [5.74, 6) is 0.130. The van der Waals surface area contributed by atoms with E-state index >= 15 is 0 Å². The van der Waals surface area contributed by atoms with Crippen molar-refractivity contribution in [3.8, 4) is 6.07 Å². The number of nitriles is 1. The Labute approximate surface area is 127 Å². The van der Waals surface area contributed by atoms with E-state index in [-0.39, 0.29) is 6.61 Å². The number of hydrogen-bond acceptors (Lipinski definition) is 5. The first kappa shape index (κ1) is 16.9. The van der Waals surface area contributed by atoms with Crippen molar-refractivity contribution in [2.75, 3.05) is 12.0 Å². The average Bonchev–Trinajstić information content (AvgIpc) is 2.48. The van der Waals surface area contributed by atoms with Crippen molar-refractivity contribution in [1.82, 2.24) is 5.32 Å². The quantitative estimate of drug-likeness (QED) is 0.741. The van der Waals surface area contributed by atoms with Crippen LogP contribution in [0.3, 0.4) is 0 Å². The molecule has 0 unspecified atom stereocenters. The fourth-order valence-electron chi connectivity index (χ4n) is 1.66. The zero-order chi connectivity index (χ0) is 15.7. The highest BCUT2D eigenvalue weighted by atomic mass is 32.2. The van der Waals surface area contributed by atoms with Gasteiger partial charge in [0.2, 0.25) is 0 Å². The van der Waals surface area contributed by atoms with E-state index < -0.39 is 18.0 Å². The number of nitrogens with zero attached hydrogens (tertiary/aromatic N) is 1. The lowest BCUT2D eigenvalue weighted by Crippen LogP contribution is -2.44. The number of primary amides is 1. The van der Waals surface area contributed by atoms with Crippen LogP contribution in [0.25, 0.3) is 0 Å². The predicted molar refractivity (Wildman–Crippen MR) is 80.5 cm³/mol. The average molecular weight is 307 g/mol. The normalized spacial score (nSPS) is 11.2. The van der Waals surface area contributed by atoms with Crippen LogP contribution in [0.5, 0.6) is 0 Å². The highest BCUT2D eigenvalue weighted by Gasteiger charge is 2.21. The summed E-state index contributed by atoms with van der Waals surface area (Å²) in [5.41, 5.74) is 6.12. The molecule has 1 atom stereocenters. The number of urea groups is 1. The summed E-state index contributed by atoms with van der Waals surface area (Å²) in [6, 6.07) is 7.35. The number of carbonyl (C=O) groups is 2. The second-order valence-corrected chi connectivity index (χ2v) is 5.20. The molecule has 0 spiro atoms. The second-order valence-electron chi connectivity index (χ2n) is 4.22. The van der Waals surface area contributed by atoms with Crippen LogP contribution in [0.1, 0.15) is 17.5 Å². The first-order valence-electron chi connectivity index (χ1n) is 6.28. The Bertz CT molecular complexity index is 543. The molecule has 1 aromatic rings. The van der Waals surface area contributed by atoms with Crippen LogP contribution in [0, 0.1) is 11.3 Å². The van der Waals surface area contributed by atoms with Crippen molar-refractivity contribution in [2.45, 2.75) is 19.1 Å². The van der Waals surface area contributed by atoms with E-state index in [1.165, 1.54) is 0 Å². The number of nitrogens with two attached hydrogens (primary N) is 1. The van der Waals surface area contributed by atoms with Crippen molar-refractivity contribution in [2.24, 2.45) is 5.73 Å². The van der Waals surface area contributed by atoms with E-state index in [0.29, 0.717) is 23.3 Å². The molecule has 0 saturated heterocycles. The largest absolute Gasteiger partial charge is 0.459 e. The summed E-state index contributed by atoms with van der Waals surface area (Å²) < 4.78 is 5.16. The second kappa shape index (κ2) is 8.87. The maximum Gasteiger partial charge on any atom is 0.329 e. The zero-order valence-corrected chi connectivity index (χ0v) is 12.5. The molecule has 6 nitrogen and oxygen atoms in total. The van der Waals surface area contributed by atoms with Gasteiger partial charge < -0.3 is 15.8 Å². The summed E-state index contributed by atoms with van der Waals surface area (Å²) >= 11 is 1.55. The number of benzene rings is 1. The number of rotatable bonds is 7. The van der Waals surface area contributed by atoms with E-state index in [2.05, 4.69) is 5.32 Å². The van der Waals surface area contributed by atoms with E-state index in [1.54, 1.807) is 36.0 Å². The Kier molecular flexibility index (Phi) is 7.12. The topological polar surface area (TPSA) is 105 Å². The first-order chi connectivity index (χ1) is 10.1. The molecule has 0 aromatic heterocycles. The van der Waals surface area contributed by atoms with Gasteiger partial charge in [-0.1, -0.05) is 18.2 Å². The smallest absolute Gasteiger partial charge is 0.329 e. The maximum absolute atomic E-state index is 12.0. The standard InChI is InChI=1S/C14H17N3O3S/c1-21-7-6-12(17-14(16)19)13(18)20-9-11-5-3-2-4-10(11)8-15/h2-5,12H,6-7,9H2,1H3,(H3,16,17,19)/t12-/m0/s1. The van der Waals surface area contributed by atoms with E-state index in [1.807, 2.05) is 12.3 Å². The Balaban J connectivity index is 2.64. The van der Waals surface area contributed by atoms with Gasteiger partial charge in [0.25, 0.3) is 0 Å². The highest BCUT2D eigenvalue weighted by molar-refractivity contribution is 7.98. The minimum atomic E-state index is -0.774. The minimum absolute atomic E-state index is 0.0151. The maximum atomic E-state index is 12.0. The molecule has 3 N–H and O–H groups in total. The van der Waals surface area contributed by atoms with Gasteiger partial charge in [0, 0.05) is 5.56 Å². The molecule has 1 aromatic carbocycles. The van der Waals surface area contributed by atoms with Gasteiger partial charge in [-0.25, -0.2) is 9.59 Å². The molecular weight excluding hydrogens is 290 g/mol. The fourth-order valence-corrected chi connectivity index (χ4v) is 2.13. The van der Waals surface area contributed by atoms with Gasteiger partial charge in [0.1, 0.15) is 12.6 Å². The molecule has 0 radical (unpaired) electrons. The van der Waals surface area contributed by atoms with Crippen molar-refractivity contribution in [1.29, 1.82) is 5.26 Å². The first-order valence-corrected chi connectivity index (χ1v) is 7.67. The summed E-state index contributed by atoms with van der Waals surface area (Å²) in [7, 11) is 0. The van der Waals surface area contributed by atoms with Gasteiger partial charge in [-0.2, -0.15) is 17.0 Å². The van der Waals surface area contributed by atoms with Gasteiger partial charge in [-0.3, -0.25) is 0 Å². The number of thioether (sulfide) groups is 1. The predicted octanol–water partition coefficient (Wildman–Crippen LogP) is 1.39. The third kappa shape index (κ3) is 5.75. The molecule has 1 rings (SSSR count). The molecule has 0 aliphatic heterocycles. The lowest BCUT2D eigenvalue weighted by Gasteiger charge is -2.16. The molecule has 0 bridgehead atoms. The van der Waals surface area contributed by atoms with Gasteiger partial charge in [0.15, 0.2) is 0 Å². The van der Waals surface area contributed by atoms with Gasteiger partial charge in [0.05, 0.1) is 11.6 Å². The van der Waals surface area contributed by atoms with Crippen LogP contribution in [0.15, 0.2) is 24.3 Å². The van der Waals surface area contributed by atoms with Crippen molar-refractivity contribution >= 4 is 23.8 Å². The zero-order valence-electron chi connectivity index (χ0n) is 11.7. The number of esters is 1. The number of amides is 2. The van der Waals surface area contributed by atoms with Gasteiger partial charge >= 0.3 is 12.0 Å². The molecule has 0 aliphatic rings. The molecule has 0 saturated carbocycles. The van der Waals surface area contributed by atoms with E-state index in [4.69, 9.17) is 15.7 Å². The summed E-state index contributed by atoms with van der Waals surface area (Å²) in [4.78, 5) is 22.9. The summed E-state index contributed by atoms with van der Waals surface area (Å²) in [5, 5.41) is 11.3. The Hall–Kier alpha value is -2.20. The molecule has 0 fully saturated rings. The van der Waals surface area contributed by atoms with Crippen LogP contribution in [0.2, 0.25) is 0 Å². The third-order valence-electron chi connectivity index (χ3n) is 2.72. The third-order valence-corrected chi connectivity index (χ3v) is 3.36. The van der Waals surface area contributed by atoms with Crippen molar-refractivity contribution < 1.29 is 14.3 Å². The van der Waals surface area contributed by atoms with Crippen molar-refractivity contribution in [3.63, 3.8) is 0 Å². The van der Waals surface area contributed by atoms with Crippen LogP contribution in [-0.4, -0.2) is 30.1 Å². The molecule has 21 heavy (non-hydrogen) atoms. The Morgan fingerprint density at radius 2 is 2.19 bits per heavy atom. The van der Waals surface area contributed by atoms with Crippen LogP contribution in [-0.2, 0) is 16.1 Å². The molecule has 7 heteroatoms. The lowest BCUT2D eigenvalue weighted by atomic mass is 10.1. The summed E-state index contributed by atoms with van der Waals surface area (Å²) in [6.07, 6.45) is 2.33. The van der Waals surface area contributed by atoms with E-state index in [9.17, 15) is 9.59 Å². The fraction of sp³-hybridized carbons (Fsp3) is 0.357. The Morgan fingerprint density at radius 1 is 1.48 bits per heavy atom. The summed E-state index contributed by atoms with van der Waals surface area (Å²) in [6.45, 7) is -0.0151. The monoisotopic (exact) mass is 307 g/mol. The minimum Gasteiger partial charge on any atom is -0.459 e. The molecule has 0 aliphatic carbocycles. The van der Waals surface area contributed by atoms with Crippen LogP contribution >= 0.6 is 11.8 Å². The van der Waals surface area contributed by atoms with Crippen molar-refractivity contribution in [3.05, 3.63) is 35.4 Å². The molecule has 112 valence electrons. The number of nitrogens with one attached hydrogen (secondary N) is 1. The SMILES string of the molecule is CSCC[C@H](NC(N)=O)C(=O)OCc1ccccc1C#N. The van der Waals surface area contributed by atoms with Crippen LogP contribution in [0.4, 0.5) is 4.79 Å².